The molecule has 1 amide bonds. The number of benzene rings is 2. The first-order chi connectivity index (χ1) is 13.7. The van der Waals surface area contributed by atoms with Gasteiger partial charge >= 0.3 is 0 Å². The number of aromatic nitrogens is 2. The van der Waals surface area contributed by atoms with Crippen LogP contribution in [-0.4, -0.2) is 47.1 Å². The largest absolute Gasteiger partial charge is 0.339 e. The van der Waals surface area contributed by atoms with E-state index >= 15 is 0 Å². The number of amides is 1. The molecule has 1 atom stereocenters. The number of fused-ring (bicyclic) bond motifs is 1. The molecule has 2 aromatic carbocycles. The summed E-state index contributed by atoms with van der Waals surface area (Å²) in [6.45, 7) is 3.50. The molecule has 1 N–H and O–H groups in total. The highest BCUT2D eigenvalue weighted by atomic mass is 16.5. The number of piperidine rings is 1. The second kappa shape index (κ2) is 8.10. The van der Waals surface area contributed by atoms with Gasteiger partial charge in [0.05, 0.1) is 0 Å². The number of hydrogen-bond donors (Lipinski definition) is 1. The summed E-state index contributed by atoms with van der Waals surface area (Å²) in [7, 11) is 1.92. The number of nitrogens with zero attached hydrogens (tertiary/aromatic N) is 3. The van der Waals surface area contributed by atoms with Gasteiger partial charge in [0.1, 0.15) is 0 Å². The number of rotatable bonds is 5. The van der Waals surface area contributed by atoms with Gasteiger partial charge < -0.3 is 14.7 Å². The molecular formula is C22H26N4O2. The molecular weight excluding hydrogens is 352 g/mol. The van der Waals surface area contributed by atoms with Crippen LogP contribution < -0.4 is 5.32 Å². The number of likely N-dealkylation sites (tertiary alicyclic amines) is 1. The molecule has 4 rings (SSSR count). The highest BCUT2D eigenvalue weighted by Gasteiger charge is 2.28. The van der Waals surface area contributed by atoms with Crippen LogP contribution in [0.15, 0.2) is 47.0 Å². The maximum atomic E-state index is 13.1. The van der Waals surface area contributed by atoms with Gasteiger partial charge in [0.25, 0.3) is 5.91 Å². The van der Waals surface area contributed by atoms with Crippen molar-refractivity contribution < 1.29 is 9.32 Å². The van der Waals surface area contributed by atoms with E-state index in [9.17, 15) is 4.79 Å². The molecule has 1 aromatic heterocycles. The second-order valence-corrected chi connectivity index (χ2v) is 7.54. The zero-order valence-electron chi connectivity index (χ0n) is 16.4. The Kier molecular flexibility index (Phi) is 5.39. The van der Waals surface area contributed by atoms with Crippen LogP contribution in [0.3, 0.4) is 0 Å². The highest BCUT2D eigenvalue weighted by molar-refractivity contribution is 6.07. The fraction of sp³-hybridized carbons (Fsp3) is 0.409. The first-order valence-corrected chi connectivity index (χ1v) is 9.92. The van der Waals surface area contributed by atoms with Crippen molar-refractivity contribution >= 4 is 16.7 Å². The van der Waals surface area contributed by atoms with Crippen molar-refractivity contribution in [2.45, 2.75) is 38.1 Å². The zero-order chi connectivity index (χ0) is 19.5. The number of likely N-dealkylation sites (N-methyl/N-ethyl adjacent to an activating group) is 1. The number of hydrogen-bond acceptors (Lipinski definition) is 5. The molecule has 1 unspecified atom stereocenters. The molecule has 0 bridgehead atoms. The minimum atomic E-state index is 0.101. The summed E-state index contributed by atoms with van der Waals surface area (Å²) >= 11 is 0. The van der Waals surface area contributed by atoms with E-state index in [4.69, 9.17) is 4.52 Å². The fourth-order valence-electron chi connectivity index (χ4n) is 3.80. The van der Waals surface area contributed by atoms with Gasteiger partial charge in [-0.2, -0.15) is 4.98 Å². The van der Waals surface area contributed by atoms with E-state index in [0.717, 1.165) is 41.4 Å². The Morgan fingerprint density at radius 3 is 2.75 bits per heavy atom. The van der Waals surface area contributed by atoms with Crippen molar-refractivity contribution in [3.05, 3.63) is 59.7 Å². The lowest BCUT2D eigenvalue weighted by atomic mass is 9.95. The topological polar surface area (TPSA) is 71.3 Å². The minimum absolute atomic E-state index is 0.101. The first kappa shape index (κ1) is 18.6. The van der Waals surface area contributed by atoms with Crippen molar-refractivity contribution in [3.63, 3.8) is 0 Å². The van der Waals surface area contributed by atoms with Crippen molar-refractivity contribution in [2.75, 3.05) is 20.1 Å². The molecule has 1 aliphatic rings. The SMILES string of the molecule is CNC(C)Cc1noc(C2CCN(C(=O)c3cccc4ccccc34)CC2)n1. The Bertz CT molecular complexity index is 955. The summed E-state index contributed by atoms with van der Waals surface area (Å²) < 4.78 is 5.50. The van der Waals surface area contributed by atoms with Crippen molar-refractivity contribution in [3.8, 4) is 0 Å². The lowest BCUT2D eigenvalue weighted by Crippen LogP contribution is -2.38. The monoisotopic (exact) mass is 378 g/mol. The Hall–Kier alpha value is -2.73. The Labute approximate surface area is 164 Å². The smallest absolute Gasteiger partial charge is 0.254 e. The molecule has 1 fully saturated rings. The molecule has 3 aromatic rings. The molecule has 0 spiro atoms. The van der Waals surface area contributed by atoms with Crippen LogP contribution in [-0.2, 0) is 6.42 Å². The van der Waals surface area contributed by atoms with E-state index in [-0.39, 0.29) is 11.8 Å². The van der Waals surface area contributed by atoms with Gasteiger partial charge in [-0.1, -0.05) is 41.6 Å². The first-order valence-electron chi connectivity index (χ1n) is 9.92. The van der Waals surface area contributed by atoms with Crippen LogP contribution in [0.1, 0.15) is 47.8 Å². The van der Waals surface area contributed by atoms with Crippen molar-refractivity contribution in [1.82, 2.24) is 20.4 Å². The summed E-state index contributed by atoms with van der Waals surface area (Å²) in [5.41, 5.74) is 0.776. The molecule has 0 radical (unpaired) electrons. The molecule has 6 nitrogen and oxygen atoms in total. The zero-order valence-corrected chi connectivity index (χ0v) is 16.4. The van der Waals surface area contributed by atoms with E-state index in [2.05, 4.69) is 22.4 Å². The highest BCUT2D eigenvalue weighted by Crippen LogP contribution is 2.29. The van der Waals surface area contributed by atoms with E-state index in [0.29, 0.717) is 25.0 Å². The average molecular weight is 378 g/mol. The van der Waals surface area contributed by atoms with Crippen LogP contribution in [0.4, 0.5) is 0 Å². The average Bonchev–Trinajstić information content (AvgIpc) is 3.21. The molecule has 1 aliphatic heterocycles. The van der Waals surface area contributed by atoms with E-state index in [1.807, 2.05) is 54.4 Å². The van der Waals surface area contributed by atoms with Crippen LogP contribution in [0, 0.1) is 0 Å². The van der Waals surface area contributed by atoms with Crippen LogP contribution >= 0.6 is 0 Å². The number of nitrogens with one attached hydrogen (secondary N) is 1. The predicted octanol–water partition coefficient (Wildman–Crippen LogP) is 3.39. The quantitative estimate of drug-likeness (QED) is 0.737. The molecule has 1 saturated heterocycles. The Morgan fingerprint density at radius 2 is 1.96 bits per heavy atom. The lowest BCUT2D eigenvalue weighted by molar-refractivity contribution is 0.0706. The molecule has 2 heterocycles. The summed E-state index contributed by atoms with van der Waals surface area (Å²) in [6.07, 6.45) is 2.44. The molecule has 28 heavy (non-hydrogen) atoms. The standard InChI is InChI=1S/C22H26N4O2/c1-15(23-2)14-20-24-21(28-25-20)17-10-12-26(13-11-17)22(27)19-9-5-7-16-6-3-4-8-18(16)19/h3-9,15,17,23H,10-14H2,1-2H3. The van der Waals surface area contributed by atoms with Crippen molar-refractivity contribution in [1.29, 1.82) is 0 Å². The fourth-order valence-corrected chi connectivity index (χ4v) is 3.80. The van der Waals surface area contributed by atoms with Crippen LogP contribution in [0.25, 0.3) is 10.8 Å². The van der Waals surface area contributed by atoms with Gasteiger partial charge in [-0.05, 0) is 43.7 Å². The van der Waals surface area contributed by atoms with Crippen molar-refractivity contribution in [2.24, 2.45) is 0 Å². The lowest BCUT2D eigenvalue weighted by Gasteiger charge is -2.30. The molecule has 0 aliphatic carbocycles. The summed E-state index contributed by atoms with van der Waals surface area (Å²) in [4.78, 5) is 19.6. The van der Waals surface area contributed by atoms with Crippen LogP contribution in [0.2, 0.25) is 0 Å². The Morgan fingerprint density at radius 1 is 1.21 bits per heavy atom. The number of carbonyl (C=O) groups excluding carboxylic acids is 1. The summed E-state index contributed by atoms with van der Waals surface area (Å²) in [5.74, 6) is 1.77. The van der Waals surface area contributed by atoms with Gasteiger partial charge in [-0.3, -0.25) is 4.79 Å². The molecule has 0 saturated carbocycles. The maximum Gasteiger partial charge on any atom is 0.254 e. The van der Waals surface area contributed by atoms with E-state index in [1.54, 1.807) is 0 Å². The normalized spacial score (nSPS) is 16.4. The van der Waals surface area contributed by atoms with E-state index in [1.165, 1.54) is 0 Å². The Balaban J connectivity index is 1.42. The summed E-state index contributed by atoms with van der Waals surface area (Å²) in [6, 6.07) is 14.3. The third-order valence-corrected chi connectivity index (χ3v) is 5.62. The second-order valence-electron chi connectivity index (χ2n) is 7.54. The molecule has 146 valence electrons. The molecule has 6 heteroatoms. The third kappa shape index (κ3) is 3.78. The van der Waals surface area contributed by atoms with Gasteiger partial charge in [0.2, 0.25) is 5.89 Å². The van der Waals surface area contributed by atoms with Crippen LogP contribution in [0.5, 0.6) is 0 Å². The van der Waals surface area contributed by atoms with Gasteiger partial charge in [0.15, 0.2) is 5.82 Å². The third-order valence-electron chi connectivity index (χ3n) is 5.62. The van der Waals surface area contributed by atoms with Gasteiger partial charge in [-0.25, -0.2) is 0 Å². The number of carbonyl (C=O) groups is 1. The maximum absolute atomic E-state index is 13.1. The van der Waals surface area contributed by atoms with Gasteiger partial charge in [-0.15, -0.1) is 0 Å². The summed E-state index contributed by atoms with van der Waals surface area (Å²) in [5, 5.41) is 9.40. The predicted molar refractivity (Wildman–Crippen MR) is 108 cm³/mol. The van der Waals surface area contributed by atoms with E-state index < -0.39 is 0 Å². The van der Waals surface area contributed by atoms with Gasteiger partial charge in [0, 0.05) is 37.0 Å². The minimum Gasteiger partial charge on any atom is -0.339 e.